The highest BCUT2D eigenvalue weighted by Gasteiger charge is 2.29. The fourth-order valence-corrected chi connectivity index (χ4v) is 5.10. The number of rotatable bonds is 5. The van der Waals surface area contributed by atoms with E-state index in [1.807, 2.05) is 7.05 Å². The minimum atomic E-state index is -0.0677. The molecule has 3 aliphatic rings. The van der Waals surface area contributed by atoms with Gasteiger partial charge in [0.25, 0.3) is 0 Å². The summed E-state index contributed by atoms with van der Waals surface area (Å²) in [6.45, 7) is 5.27. The Kier molecular flexibility index (Phi) is 7.80. The molecule has 0 aromatic rings. The van der Waals surface area contributed by atoms with E-state index < -0.39 is 0 Å². The summed E-state index contributed by atoms with van der Waals surface area (Å²) in [7, 11) is 3.35. The molecule has 1 atom stereocenters. The first-order valence-corrected chi connectivity index (χ1v) is 11.0. The second-order valence-corrected chi connectivity index (χ2v) is 8.51. The highest BCUT2D eigenvalue weighted by Crippen LogP contribution is 2.27. The van der Waals surface area contributed by atoms with Crippen molar-refractivity contribution in [3.63, 3.8) is 0 Å². The van der Waals surface area contributed by atoms with Gasteiger partial charge in [-0.25, -0.2) is 0 Å². The van der Waals surface area contributed by atoms with Crippen LogP contribution >= 0.6 is 0 Å². The van der Waals surface area contributed by atoms with Crippen molar-refractivity contribution < 1.29 is 9.53 Å². The van der Waals surface area contributed by atoms with E-state index >= 15 is 0 Å². The van der Waals surface area contributed by atoms with Gasteiger partial charge in [-0.2, -0.15) is 0 Å². The molecule has 154 valence electrons. The number of piperidine rings is 1. The number of likely N-dealkylation sites (tertiary alicyclic amines) is 2. The number of guanidine groups is 1. The molecule has 3 fully saturated rings. The van der Waals surface area contributed by atoms with E-state index in [9.17, 15) is 4.79 Å². The Hall–Kier alpha value is -1.30. The van der Waals surface area contributed by atoms with Gasteiger partial charge >= 0.3 is 5.97 Å². The van der Waals surface area contributed by atoms with Crippen molar-refractivity contribution in [2.24, 2.45) is 16.8 Å². The third-order valence-electron chi connectivity index (χ3n) is 6.75. The standard InChI is InChI=1S/C21H38N4O2/c1-22-21(24-13-10-18(11-14-24)20(26)27-2)23-15-19-9-6-12-25(19)16-17-7-4-3-5-8-17/h17-19H,3-16H2,1-2H3,(H,22,23). The quantitative estimate of drug-likeness (QED) is 0.452. The van der Waals surface area contributed by atoms with Crippen LogP contribution in [0.15, 0.2) is 4.99 Å². The fraction of sp³-hybridized carbons (Fsp3) is 0.905. The molecule has 2 aliphatic heterocycles. The average Bonchev–Trinajstić information content (AvgIpc) is 3.16. The maximum atomic E-state index is 11.7. The molecule has 0 aromatic carbocycles. The van der Waals surface area contributed by atoms with Crippen LogP contribution in [0.3, 0.4) is 0 Å². The third-order valence-corrected chi connectivity index (χ3v) is 6.75. The lowest BCUT2D eigenvalue weighted by Crippen LogP contribution is -2.50. The van der Waals surface area contributed by atoms with Crippen LogP contribution in [0, 0.1) is 11.8 Å². The molecular formula is C21H38N4O2. The third kappa shape index (κ3) is 5.59. The number of nitrogens with one attached hydrogen (secondary N) is 1. The number of methoxy groups -OCH3 is 1. The zero-order valence-corrected chi connectivity index (χ0v) is 17.3. The molecule has 0 amide bonds. The number of esters is 1. The summed E-state index contributed by atoms with van der Waals surface area (Å²) in [6.07, 6.45) is 11.5. The Labute approximate surface area is 164 Å². The van der Waals surface area contributed by atoms with E-state index in [4.69, 9.17) is 4.74 Å². The van der Waals surface area contributed by atoms with Crippen LogP contribution in [-0.4, -0.2) is 74.7 Å². The monoisotopic (exact) mass is 378 g/mol. The highest BCUT2D eigenvalue weighted by atomic mass is 16.5. The van der Waals surface area contributed by atoms with Crippen molar-refractivity contribution >= 4 is 11.9 Å². The Bertz CT molecular complexity index is 496. The number of hydrogen-bond donors (Lipinski definition) is 1. The van der Waals surface area contributed by atoms with Gasteiger partial charge < -0.3 is 15.0 Å². The molecule has 1 aliphatic carbocycles. The van der Waals surface area contributed by atoms with Gasteiger partial charge in [-0.3, -0.25) is 14.7 Å². The molecule has 6 nitrogen and oxygen atoms in total. The largest absolute Gasteiger partial charge is 0.469 e. The molecule has 0 radical (unpaired) electrons. The Morgan fingerprint density at radius 3 is 2.44 bits per heavy atom. The molecule has 0 bridgehead atoms. The van der Waals surface area contributed by atoms with Crippen LogP contribution in [0.25, 0.3) is 0 Å². The van der Waals surface area contributed by atoms with E-state index in [0.29, 0.717) is 6.04 Å². The lowest BCUT2D eigenvalue weighted by Gasteiger charge is -2.35. The molecule has 0 spiro atoms. The Morgan fingerprint density at radius 2 is 1.78 bits per heavy atom. The van der Waals surface area contributed by atoms with Gasteiger partial charge in [-0.15, -0.1) is 0 Å². The molecule has 1 unspecified atom stereocenters. The summed E-state index contributed by atoms with van der Waals surface area (Å²) in [6, 6.07) is 0.635. The van der Waals surface area contributed by atoms with Crippen molar-refractivity contribution in [2.75, 3.05) is 46.9 Å². The topological polar surface area (TPSA) is 57.2 Å². The molecule has 3 rings (SSSR count). The first kappa shape index (κ1) is 20.4. The Balaban J connectivity index is 1.44. The summed E-state index contributed by atoms with van der Waals surface area (Å²) in [5, 5.41) is 3.62. The number of carbonyl (C=O) groups excluding carboxylic acids is 1. The van der Waals surface area contributed by atoms with E-state index in [-0.39, 0.29) is 11.9 Å². The summed E-state index contributed by atoms with van der Waals surface area (Å²) >= 11 is 0. The second kappa shape index (κ2) is 10.3. The number of carbonyl (C=O) groups is 1. The first-order valence-electron chi connectivity index (χ1n) is 11.0. The minimum Gasteiger partial charge on any atom is -0.469 e. The fourth-order valence-electron chi connectivity index (χ4n) is 5.10. The number of ether oxygens (including phenoxy) is 1. The van der Waals surface area contributed by atoms with E-state index in [1.165, 1.54) is 65.1 Å². The molecule has 0 aromatic heterocycles. The summed E-state index contributed by atoms with van der Waals surface area (Å²) in [5.41, 5.74) is 0. The van der Waals surface area contributed by atoms with Crippen molar-refractivity contribution in [3.8, 4) is 0 Å². The first-order chi connectivity index (χ1) is 13.2. The highest BCUT2D eigenvalue weighted by molar-refractivity contribution is 5.80. The van der Waals surface area contributed by atoms with E-state index in [0.717, 1.165) is 44.4 Å². The van der Waals surface area contributed by atoms with Crippen molar-refractivity contribution in [2.45, 2.75) is 63.8 Å². The van der Waals surface area contributed by atoms with Crippen LogP contribution in [0.1, 0.15) is 57.8 Å². The molecule has 6 heteroatoms. The van der Waals surface area contributed by atoms with Gasteiger partial charge in [0.05, 0.1) is 13.0 Å². The summed E-state index contributed by atoms with van der Waals surface area (Å²) < 4.78 is 4.89. The lowest BCUT2D eigenvalue weighted by molar-refractivity contribution is -0.146. The maximum Gasteiger partial charge on any atom is 0.308 e. The van der Waals surface area contributed by atoms with Gasteiger partial charge in [0.15, 0.2) is 5.96 Å². The molecule has 1 saturated carbocycles. The Morgan fingerprint density at radius 1 is 1.04 bits per heavy atom. The van der Waals surface area contributed by atoms with Gasteiger partial charge in [0.1, 0.15) is 0 Å². The normalized spacial score (nSPS) is 26.4. The van der Waals surface area contributed by atoms with Gasteiger partial charge in [-0.1, -0.05) is 19.3 Å². The van der Waals surface area contributed by atoms with Crippen LogP contribution in [0.4, 0.5) is 0 Å². The number of hydrogen-bond acceptors (Lipinski definition) is 4. The zero-order chi connectivity index (χ0) is 19.1. The van der Waals surface area contributed by atoms with Crippen molar-refractivity contribution in [1.82, 2.24) is 15.1 Å². The molecule has 2 heterocycles. The second-order valence-electron chi connectivity index (χ2n) is 8.51. The van der Waals surface area contributed by atoms with E-state index in [1.54, 1.807) is 0 Å². The molecule has 2 saturated heterocycles. The lowest BCUT2D eigenvalue weighted by atomic mass is 9.89. The van der Waals surface area contributed by atoms with Crippen LogP contribution in [0.2, 0.25) is 0 Å². The van der Waals surface area contributed by atoms with Gasteiger partial charge in [0.2, 0.25) is 0 Å². The van der Waals surface area contributed by atoms with Gasteiger partial charge in [0, 0.05) is 39.3 Å². The summed E-state index contributed by atoms with van der Waals surface area (Å²) in [4.78, 5) is 21.2. The average molecular weight is 379 g/mol. The predicted octanol–water partition coefficient (Wildman–Crippen LogP) is 2.49. The van der Waals surface area contributed by atoms with Crippen LogP contribution in [0.5, 0.6) is 0 Å². The molecular weight excluding hydrogens is 340 g/mol. The predicted molar refractivity (Wildman–Crippen MR) is 109 cm³/mol. The van der Waals surface area contributed by atoms with Crippen molar-refractivity contribution in [3.05, 3.63) is 0 Å². The summed E-state index contributed by atoms with van der Waals surface area (Å²) in [5.74, 6) is 1.88. The van der Waals surface area contributed by atoms with Crippen molar-refractivity contribution in [1.29, 1.82) is 0 Å². The smallest absolute Gasteiger partial charge is 0.308 e. The zero-order valence-electron chi connectivity index (χ0n) is 17.3. The van der Waals surface area contributed by atoms with Crippen LogP contribution < -0.4 is 5.32 Å². The van der Waals surface area contributed by atoms with E-state index in [2.05, 4.69) is 20.1 Å². The van der Waals surface area contributed by atoms with Crippen LogP contribution in [-0.2, 0) is 9.53 Å². The number of aliphatic imine (C=N–C) groups is 1. The van der Waals surface area contributed by atoms with Gasteiger partial charge in [-0.05, 0) is 51.0 Å². The molecule has 27 heavy (non-hydrogen) atoms. The minimum absolute atomic E-state index is 0.0465. The SMILES string of the molecule is CN=C(NCC1CCCN1CC1CCCCC1)N1CCC(C(=O)OC)CC1. The number of nitrogens with zero attached hydrogens (tertiary/aromatic N) is 3. The maximum absolute atomic E-state index is 11.7. The molecule has 1 N–H and O–H groups in total.